The quantitative estimate of drug-likeness (QED) is 0.685. The predicted octanol–water partition coefficient (Wildman–Crippen LogP) is 3.66. The van der Waals surface area contributed by atoms with Crippen molar-refractivity contribution in [2.75, 3.05) is 19.3 Å². The Morgan fingerprint density at radius 2 is 1.96 bits per heavy atom. The van der Waals surface area contributed by atoms with Crippen LogP contribution in [0.4, 0.5) is 4.79 Å². The largest absolute Gasteiger partial charge is 0.465 e. The van der Waals surface area contributed by atoms with Gasteiger partial charge in [-0.2, -0.15) is 5.10 Å². The van der Waals surface area contributed by atoms with Crippen molar-refractivity contribution >= 4 is 28.9 Å². The Bertz CT molecular complexity index is 951. The molecule has 1 aromatic carbocycles. The summed E-state index contributed by atoms with van der Waals surface area (Å²) in [6.45, 7) is 0.995. The number of piperidine rings is 1. The van der Waals surface area contributed by atoms with E-state index in [1.807, 2.05) is 35.2 Å². The highest BCUT2D eigenvalue weighted by atomic mass is 32.2. The fourth-order valence-corrected chi connectivity index (χ4v) is 3.65. The molecule has 0 radical (unpaired) electrons. The molecule has 8 nitrogen and oxygen atoms in total. The van der Waals surface area contributed by atoms with E-state index in [2.05, 4.69) is 15.1 Å². The van der Waals surface area contributed by atoms with E-state index < -0.39 is 6.09 Å². The van der Waals surface area contributed by atoms with Gasteiger partial charge in [0.05, 0.1) is 12.2 Å². The number of hydrogen-bond donors (Lipinski definition) is 1. The van der Waals surface area contributed by atoms with Crippen molar-refractivity contribution in [1.82, 2.24) is 24.6 Å². The smallest absolute Gasteiger partial charge is 0.407 e. The number of carbonyl (C=O) groups is 1. The molecule has 0 spiro atoms. The topological polar surface area (TPSA) is 93.4 Å². The third-order valence-corrected chi connectivity index (χ3v) is 5.45. The minimum Gasteiger partial charge on any atom is -0.465 e. The standard InChI is InChI=1S/C18H19N5O3S/c1-27-14-4-2-13(3-5-14)26-17-15-10-21-23(16(15)19-11-20-17)12-6-8-22(9-7-12)18(24)25/h2-5,10-12H,6-9H2,1H3,(H,24,25). The van der Waals surface area contributed by atoms with E-state index >= 15 is 0 Å². The molecule has 1 saturated heterocycles. The zero-order valence-electron chi connectivity index (χ0n) is 14.8. The van der Waals surface area contributed by atoms with Gasteiger partial charge in [-0.15, -0.1) is 11.8 Å². The van der Waals surface area contributed by atoms with Crippen LogP contribution in [0.5, 0.6) is 11.6 Å². The molecule has 0 saturated carbocycles. The second kappa shape index (κ2) is 7.43. The van der Waals surface area contributed by atoms with E-state index in [1.54, 1.807) is 18.0 Å². The highest BCUT2D eigenvalue weighted by Crippen LogP contribution is 2.31. The summed E-state index contributed by atoms with van der Waals surface area (Å²) in [5.74, 6) is 1.17. The van der Waals surface area contributed by atoms with Gasteiger partial charge >= 0.3 is 6.09 Å². The molecule has 0 bridgehead atoms. The molecule has 1 fully saturated rings. The van der Waals surface area contributed by atoms with Crippen molar-refractivity contribution in [3.8, 4) is 11.6 Å². The number of aromatic nitrogens is 4. The fraction of sp³-hybridized carbons (Fsp3) is 0.333. The molecular formula is C18H19N5O3S. The molecule has 2 aromatic heterocycles. The highest BCUT2D eigenvalue weighted by molar-refractivity contribution is 7.98. The molecule has 1 amide bonds. The molecule has 4 rings (SSSR count). The zero-order valence-corrected chi connectivity index (χ0v) is 15.6. The molecule has 0 atom stereocenters. The fourth-order valence-electron chi connectivity index (χ4n) is 3.25. The first-order valence-corrected chi connectivity index (χ1v) is 9.86. The van der Waals surface area contributed by atoms with Gasteiger partial charge in [-0.25, -0.2) is 19.4 Å². The number of rotatable bonds is 4. The molecule has 27 heavy (non-hydrogen) atoms. The Morgan fingerprint density at radius 3 is 2.63 bits per heavy atom. The second-order valence-corrected chi connectivity index (χ2v) is 7.16. The van der Waals surface area contributed by atoms with Crippen molar-refractivity contribution < 1.29 is 14.6 Å². The average Bonchev–Trinajstić information content (AvgIpc) is 3.14. The van der Waals surface area contributed by atoms with E-state index in [9.17, 15) is 4.79 Å². The van der Waals surface area contributed by atoms with Crippen molar-refractivity contribution in [3.63, 3.8) is 0 Å². The monoisotopic (exact) mass is 385 g/mol. The maximum absolute atomic E-state index is 11.1. The summed E-state index contributed by atoms with van der Waals surface area (Å²) >= 11 is 1.67. The molecule has 1 aliphatic rings. The Labute approximate surface area is 160 Å². The van der Waals surface area contributed by atoms with Gasteiger partial charge in [-0.05, 0) is 43.4 Å². The van der Waals surface area contributed by atoms with Gasteiger partial charge in [0.25, 0.3) is 0 Å². The lowest BCUT2D eigenvalue weighted by Gasteiger charge is -2.30. The lowest BCUT2D eigenvalue weighted by atomic mass is 10.1. The first-order chi connectivity index (χ1) is 13.2. The summed E-state index contributed by atoms with van der Waals surface area (Å²) in [6, 6.07) is 7.93. The SMILES string of the molecule is CSc1ccc(Oc2ncnc3c2cnn3C2CCN(C(=O)O)CC2)cc1. The zero-order chi connectivity index (χ0) is 18.8. The predicted molar refractivity (Wildman–Crippen MR) is 101 cm³/mol. The molecule has 0 unspecified atom stereocenters. The van der Waals surface area contributed by atoms with Gasteiger partial charge in [0.2, 0.25) is 5.88 Å². The van der Waals surface area contributed by atoms with Crippen LogP contribution in [0, 0.1) is 0 Å². The molecular weight excluding hydrogens is 366 g/mol. The third kappa shape index (κ3) is 3.55. The van der Waals surface area contributed by atoms with Crippen LogP contribution >= 0.6 is 11.8 Å². The average molecular weight is 385 g/mol. The Kier molecular flexibility index (Phi) is 4.85. The van der Waals surface area contributed by atoms with Crippen molar-refractivity contribution in [2.45, 2.75) is 23.8 Å². The lowest BCUT2D eigenvalue weighted by molar-refractivity contribution is 0.124. The van der Waals surface area contributed by atoms with E-state index in [0.29, 0.717) is 43.2 Å². The van der Waals surface area contributed by atoms with Crippen LogP contribution in [0.25, 0.3) is 11.0 Å². The second-order valence-electron chi connectivity index (χ2n) is 6.28. The van der Waals surface area contributed by atoms with Crippen molar-refractivity contribution in [2.24, 2.45) is 0 Å². The molecule has 3 heterocycles. The van der Waals surface area contributed by atoms with Gasteiger partial charge < -0.3 is 14.7 Å². The molecule has 140 valence electrons. The Morgan fingerprint density at radius 1 is 1.22 bits per heavy atom. The van der Waals surface area contributed by atoms with E-state index in [0.717, 1.165) is 10.3 Å². The van der Waals surface area contributed by atoms with Crippen LogP contribution in [0.1, 0.15) is 18.9 Å². The van der Waals surface area contributed by atoms with E-state index in [1.165, 1.54) is 11.2 Å². The summed E-state index contributed by atoms with van der Waals surface area (Å²) in [7, 11) is 0. The van der Waals surface area contributed by atoms with Gasteiger partial charge in [-0.3, -0.25) is 0 Å². The maximum atomic E-state index is 11.1. The molecule has 1 N–H and O–H groups in total. The number of likely N-dealkylation sites (tertiary alicyclic amines) is 1. The lowest BCUT2D eigenvalue weighted by Crippen LogP contribution is -2.38. The van der Waals surface area contributed by atoms with Crippen molar-refractivity contribution in [1.29, 1.82) is 0 Å². The number of fused-ring (bicyclic) bond motifs is 1. The van der Waals surface area contributed by atoms with E-state index in [4.69, 9.17) is 9.84 Å². The number of hydrogen-bond acceptors (Lipinski definition) is 6. The van der Waals surface area contributed by atoms with Crippen LogP contribution in [0.2, 0.25) is 0 Å². The Hall–Kier alpha value is -2.81. The first-order valence-electron chi connectivity index (χ1n) is 8.63. The summed E-state index contributed by atoms with van der Waals surface area (Å²) in [4.78, 5) is 22.3. The summed E-state index contributed by atoms with van der Waals surface area (Å²) in [5, 5.41) is 14.3. The van der Waals surface area contributed by atoms with Crippen LogP contribution in [-0.2, 0) is 0 Å². The normalized spacial score (nSPS) is 15.2. The third-order valence-electron chi connectivity index (χ3n) is 4.71. The van der Waals surface area contributed by atoms with Gasteiger partial charge in [-0.1, -0.05) is 0 Å². The number of carboxylic acid groups (broad SMARTS) is 1. The first kappa shape index (κ1) is 17.6. The van der Waals surface area contributed by atoms with Crippen LogP contribution < -0.4 is 4.74 Å². The number of nitrogens with zero attached hydrogens (tertiary/aromatic N) is 5. The maximum Gasteiger partial charge on any atom is 0.407 e. The molecule has 0 aliphatic carbocycles. The molecule has 9 heteroatoms. The number of thioether (sulfide) groups is 1. The minimum absolute atomic E-state index is 0.113. The van der Waals surface area contributed by atoms with E-state index in [-0.39, 0.29) is 6.04 Å². The number of benzene rings is 1. The minimum atomic E-state index is -0.871. The summed E-state index contributed by atoms with van der Waals surface area (Å²) in [6.07, 6.45) is 5.75. The summed E-state index contributed by atoms with van der Waals surface area (Å²) < 4.78 is 7.80. The van der Waals surface area contributed by atoms with Gasteiger partial charge in [0.15, 0.2) is 5.65 Å². The van der Waals surface area contributed by atoms with Crippen LogP contribution in [-0.4, -0.2) is 55.2 Å². The van der Waals surface area contributed by atoms with Crippen LogP contribution in [0.15, 0.2) is 41.7 Å². The number of ether oxygens (including phenoxy) is 1. The molecule has 3 aromatic rings. The van der Waals surface area contributed by atoms with Crippen molar-refractivity contribution in [3.05, 3.63) is 36.8 Å². The summed E-state index contributed by atoms with van der Waals surface area (Å²) in [5.41, 5.74) is 0.703. The van der Waals surface area contributed by atoms with Gasteiger partial charge in [0.1, 0.15) is 17.5 Å². The highest BCUT2D eigenvalue weighted by Gasteiger charge is 2.26. The molecule has 1 aliphatic heterocycles. The number of amides is 1. The van der Waals surface area contributed by atoms with Crippen LogP contribution in [0.3, 0.4) is 0 Å². The van der Waals surface area contributed by atoms with Gasteiger partial charge in [0, 0.05) is 18.0 Å². The Balaban J connectivity index is 1.57.